The van der Waals surface area contributed by atoms with E-state index in [1.54, 1.807) is 6.20 Å². The Labute approximate surface area is 162 Å². The van der Waals surface area contributed by atoms with Crippen LogP contribution in [0.25, 0.3) is 22.6 Å². The zero-order chi connectivity index (χ0) is 18.3. The van der Waals surface area contributed by atoms with Crippen LogP contribution in [-0.2, 0) is 32.6 Å². The molecule has 6 nitrogen and oxygen atoms in total. The number of para-hydroxylation sites is 2. The minimum absolute atomic E-state index is 0.106. The van der Waals surface area contributed by atoms with Crippen molar-refractivity contribution >= 4 is 40.2 Å². The molecule has 0 saturated carbocycles. The van der Waals surface area contributed by atoms with E-state index in [9.17, 15) is 8.42 Å². The van der Waals surface area contributed by atoms with E-state index in [-0.39, 0.29) is 21.7 Å². The molecule has 1 aromatic carbocycles. The summed E-state index contributed by atoms with van der Waals surface area (Å²) < 4.78 is 32.6. The summed E-state index contributed by atoms with van der Waals surface area (Å²) in [7, 11) is 5.67. The van der Waals surface area contributed by atoms with Gasteiger partial charge in [-0.15, -0.1) is 0 Å². The molecule has 0 aliphatic rings. The number of fused-ring (bicyclic) bond motifs is 1. The number of benzene rings is 1. The van der Waals surface area contributed by atoms with Gasteiger partial charge in [-0.3, -0.25) is 9.54 Å². The molecule has 3 rings (SSSR count). The molecule has 0 spiro atoms. The number of halogens is 2. The normalized spacial score (nSPS) is 11.3. The van der Waals surface area contributed by atoms with Gasteiger partial charge in [0.05, 0.1) is 16.8 Å². The van der Waals surface area contributed by atoms with Gasteiger partial charge < -0.3 is 4.57 Å². The van der Waals surface area contributed by atoms with Crippen molar-refractivity contribution < 1.29 is 28.9 Å². The van der Waals surface area contributed by atoms with Crippen molar-refractivity contribution in [1.82, 2.24) is 14.5 Å². The third-order valence-corrected chi connectivity index (χ3v) is 4.14. The molecule has 3 aromatic rings. The van der Waals surface area contributed by atoms with Gasteiger partial charge in [0, 0.05) is 12.7 Å². The Hall–Kier alpha value is -1.01. The fraction of sp³-hybridized carbons (Fsp3) is 0.200. The number of aromatic nitrogens is 3. The fourth-order valence-corrected chi connectivity index (χ4v) is 2.89. The van der Waals surface area contributed by atoms with Gasteiger partial charge in [-0.25, -0.2) is 4.98 Å². The third kappa shape index (κ3) is 6.03. The molecule has 0 saturated heterocycles. The maximum absolute atomic E-state index is 10.9. The van der Waals surface area contributed by atoms with Crippen LogP contribution in [0.3, 0.4) is 0 Å². The summed E-state index contributed by atoms with van der Waals surface area (Å²) in [5.74, 6) is 0.415. The molecule has 0 aliphatic heterocycles. The molecule has 0 aliphatic carbocycles. The zero-order valence-electron chi connectivity index (χ0n) is 12.8. The molecular weight excluding hydrogens is 480 g/mol. The molecule has 0 amide bonds. The number of hydrogen-bond acceptors (Lipinski definition) is 4. The van der Waals surface area contributed by atoms with Crippen LogP contribution in [0.4, 0.5) is 0 Å². The van der Waals surface area contributed by atoms with Crippen LogP contribution >= 0.6 is 19.1 Å². The van der Waals surface area contributed by atoms with Crippen molar-refractivity contribution in [2.45, 2.75) is 13.0 Å². The summed E-state index contributed by atoms with van der Waals surface area (Å²) in [5.41, 5.74) is 2.47. The Bertz CT molecular complexity index is 920. The minimum atomic E-state index is -3.96. The van der Waals surface area contributed by atoms with Crippen LogP contribution in [0.1, 0.15) is 6.42 Å². The molecule has 1 N–H and O–H groups in total. The van der Waals surface area contributed by atoms with Gasteiger partial charge in [0.1, 0.15) is 5.69 Å². The average molecular weight is 495 g/mol. The molecular formula is C15H15Cl2N3O3PdS. The van der Waals surface area contributed by atoms with E-state index in [2.05, 4.69) is 9.97 Å². The molecule has 0 atom stereocenters. The van der Waals surface area contributed by atoms with Crippen LogP contribution in [-0.4, -0.2) is 33.3 Å². The van der Waals surface area contributed by atoms with Gasteiger partial charge in [-0.2, -0.15) is 8.42 Å². The summed E-state index contributed by atoms with van der Waals surface area (Å²) in [6.45, 7) is 0.437. The molecule has 0 fully saturated rings. The molecule has 2 aromatic heterocycles. The Morgan fingerprint density at radius 2 is 1.80 bits per heavy atom. The summed E-state index contributed by atoms with van der Waals surface area (Å²) in [5, 5.41) is 0. The van der Waals surface area contributed by atoms with E-state index in [1.165, 1.54) is 0 Å². The van der Waals surface area contributed by atoms with Crippen molar-refractivity contribution in [2.75, 3.05) is 5.75 Å². The van der Waals surface area contributed by atoms with Crippen molar-refractivity contribution in [1.29, 1.82) is 0 Å². The maximum atomic E-state index is 10.9. The molecule has 138 valence electrons. The van der Waals surface area contributed by atoms with Gasteiger partial charge in [0.25, 0.3) is 10.1 Å². The number of imidazole rings is 1. The summed E-state index contributed by atoms with van der Waals surface area (Å²) in [6.07, 6.45) is 2.00. The average Bonchev–Trinajstić information content (AvgIpc) is 2.94. The number of hydrogen-bond donors (Lipinski definition) is 1. The first kappa shape index (κ1) is 20.3. The monoisotopic (exact) mass is 493 g/mol. The van der Waals surface area contributed by atoms with Crippen LogP contribution < -0.4 is 0 Å². The summed E-state index contributed by atoms with van der Waals surface area (Å²) in [6, 6.07) is 13.2. The first-order valence-electron chi connectivity index (χ1n) is 7.10. The standard InChI is InChI=1S/C15H15N3O3S.2ClH.Pd/c19-22(20,21)11-5-10-18-14-8-2-1-6-12(14)17-15(18)13-7-3-4-9-16-13;;;/h1-4,6-9H,5,10-11H2,(H,19,20,21);2*1H;/q;;;+2/p-2. The first-order chi connectivity index (χ1) is 12.0. The van der Waals surface area contributed by atoms with Gasteiger partial charge in [0.2, 0.25) is 0 Å². The van der Waals surface area contributed by atoms with E-state index < -0.39 is 10.1 Å². The first-order valence-corrected chi connectivity index (χ1v) is 12.7. The van der Waals surface area contributed by atoms with E-state index in [1.807, 2.05) is 47.0 Å². The zero-order valence-corrected chi connectivity index (χ0v) is 16.7. The number of aryl methyl sites for hydroxylation is 1. The topological polar surface area (TPSA) is 85.1 Å². The van der Waals surface area contributed by atoms with E-state index in [0.717, 1.165) is 16.7 Å². The Morgan fingerprint density at radius 1 is 1.12 bits per heavy atom. The number of pyridine rings is 1. The van der Waals surface area contributed by atoms with Gasteiger partial charge in [0.15, 0.2) is 5.82 Å². The molecule has 0 unspecified atom stereocenters. The molecule has 2 heterocycles. The SMILES string of the molecule is O=S(=O)(O)CCCn1c(-c2ccccn2)nc2ccccc21.[Cl][Pd][Cl]. The number of nitrogens with zero attached hydrogens (tertiary/aromatic N) is 3. The Kier molecular flexibility index (Phi) is 7.82. The van der Waals surface area contributed by atoms with E-state index in [0.29, 0.717) is 18.8 Å². The third-order valence-electron chi connectivity index (χ3n) is 3.33. The molecule has 10 heteroatoms. The number of rotatable bonds is 5. The van der Waals surface area contributed by atoms with Crippen molar-refractivity contribution in [3.05, 3.63) is 48.7 Å². The van der Waals surface area contributed by atoms with Crippen LogP contribution in [0, 0.1) is 0 Å². The van der Waals surface area contributed by atoms with Crippen LogP contribution in [0.15, 0.2) is 48.7 Å². The summed E-state index contributed by atoms with van der Waals surface area (Å²) >= 11 is -0.106. The molecule has 25 heavy (non-hydrogen) atoms. The van der Waals surface area contributed by atoms with Crippen molar-refractivity contribution in [3.63, 3.8) is 0 Å². The molecule has 0 radical (unpaired) electrons. The predicted molar refractivity (Wildman–Crippen MR) is 95.7 cm³/mol. The van der Waals surface area contributed by atoms with Gasteiger partial charge in [-0.05, 0) is 30.7 Å². The molecule has 0 bridgehead atoms. The predicted octanol–water partition coefficient (Wildman–Crippen LogP) is 3.75. The Morgan fingerprint density at radius 3 is 2.44 bits per heavy atom. The van der Waals surface area contributed by atoms with Crippen molar-refractivity contribution in [3.8, 4) is 11.5 Å². The second kappa shape index (κ2) is 9.62. The Balaban J connectivity index is 0.000000701. The van der Waals surface area contributed by atoms with Crippen LogP contribution in [0.2, 0.25) is 0 Å². The van der Waals surface area contributed by atoms with E-state index >= 15 is 0 Å². The van der Waals surface area contributed by atoms with Crippen molar-refractivity contribution in [2.24, 2.45) is 0 Å². The van der Waals surface area contributed by atoms with Gasteiger partial charge in [-0.1, -0.05) is 18.2 Å². The second-order valence-electron chi connectivity index (χ2n) is 4.98. The fourth-order valence-electron chi connectivity index (χ4n) is 2.40. The van der Waals surface area contributed by atoms with E-state index in [4.69, 9.17) is 23.6 Å². The quantitative estimate of drug-likeness (QED) is 0.431. The second-order valence-corrected chi connectivity index (χ2v) is 8.91. The summed E-state index contributed by atoms with van der Waals surface area (Å²) in [4.78, 5) is 8.90. The van der Waals surface area contributed by atoms with Gasteiger partial charge >= 0.3 is 35.0 Å². The van der Waals surface area contributed by atoms with Crippen LogP contribution in [0.5, 0.6) is 0 Å².